The van der Waals surface area contributed by atoms with Crippen molar-refractivity contribution >= 4 is 23.4 Å². The summed E-state index contributed by atoms with van der Waals surface area (Å²) in [6.45, 7) is -0.364. The first-order valence-corrected chi connectivity index (χ1v) is 9.81. The van der Waals surface area contributed by atoms with Crippen molar-refractivity contribution in [3.63, 3.8) is 0 Å². The molecule has 0 atom stereocenters. The lowest BCUT2D eigenvalue weighted by atomic mass is 9.94. The molecule has 0 spiro atoms. The summed E-state index contributed by atoms with van der Waals surface area (Å²) < 4.78 is 16.6. The lowest BCUT2D eigenvalue weighted by Gasteiger charge is -2.29. The van der Waals surface area contributed by atoms with Crippen LogP contribution in [0.1, 0.15) is 27.5 Å². The minimum absolute atomic E-state index is 0.124. The Hall–Kier alpha value is -3.71. The summed E-state index contributed by atoms with van der Waals surface area (Å²) in [6, 6.07) is 17.6. The van der Waals surface area contributed by atoms with E-state index in [4.69, 9.17) is 31.5 Å². The second-order valence-corrected chi connectivity index (χ2v) is 7.24. The Bertz CT molecular complexity index is 1120. The number of carbonyl (C=O) groups excluding carboxylic acids is 2. The van der Waals surface area contributed by atoms with E-state index >= 15 is 0 Å². The highest BCUT2D eigenvalue weighted by molar-refractivity contribution is 6.32. The van der Waals surface area contributed by atoms with Crippen molar-refractivity contribution < 1.29 is 23.8 Å². The highest BCUT2D eigenvalue weighted by atomic mass is 35.5. The van der Waals surface area contributed by atoms with Crippen LogP contribution in [0.15, 0.2) is 60.7 Å². The first kappa shape index (κ1) is 20.6. The van der Waals surface area contributed by atoms with E-state index < -0.39 is 11.9 Å². The average Bonchev–Trinajstić information content (AvgIpc) is 2.77. The van der Waals surface area contributed by atoms with Crippen LogP contribution in [0.2, 0.25) is 5.02 Å². The molecule has 2 amide bonds. The van der Waals surface area contributed by atoms with Gasteiger partial charge in [-0.25, -0.2) is 0 Å². The van der Waals surface area contributed by atoms with Crippen LogP contribution in [0, 0.1) is 0 Å². The van der Waals surface area contributed by atoms with Crippen molar-refractivity contribution in [1.29, 1.82) is 0 Å². The number of nitrogens with one attached hydrogen (secondary N) is 1. The molecule has 1 heterocycles. The number of methoxy groups -OCH3 is 1. The van der Waals surface area contributed by atoms with Crippen LogP contribution in [0.4, 0.5) is 0 Å². The number of para-hydroxylation sites is 2. The second kappa shape index (κ2) is 8.57. The van der Waals surface area contributed by atoms with Gasteiger partial charge in [0.05, 0.1) is 18.2 Å². The van der Waals surface area contributed by atoms with Crippen LogP contribution in [-0.2, 0) is 4.79 Å². The van der Waals surface area contributed by atoms with Crippen LogP contribution in [-0.4, -0.2) is 25.5 Å². The van der Waals surface area contributed by atoms with Crippen LogP contribution < -0.4 is 25.3 Å². The van der Waals surface area contributed by atoms with Gasteiger partial charge in [0.2, 0.25) is 0 Å². The number of halogens is 1. The van der Waals surface area contributed by atoms with Crippen LogP contribution in [0.25, 0.3) is 0 Å². The Kier molecular flexibility index (Phi) is 5.68. The number of hydrogen-bond donors (Lipinski definition) is 2. The molecule has 3 N–H and O–H groups in total. The second-order valence-electron chi connectivity index (χ2n) is 6.83. The fourth-order valence-electron chi connectivity index (χ4n) is 3.41. The Morgan fingerprint density at radius 2 is 1.68 bits per heavy atom. The molecule has 0 fully saturated rings. The molecule has 4 rings (SSSR count). The standard InChI is InChI=1S/C23H19ClN2O5/c1-29-19-11-13(10-16(24)22(19)30-12-20(25)27)23(28)26-21-14-6-2-4-8-17(14)31-18-9-5-3-7-15(18)21/h2-11,21H,12H2,1H3,(H2,25,27)(H,26,28). The fourth-order valence-corrected chi connectivity index (χ4v) is 3.68. The third-order valence-corrected chi connectivity index (χ3v) is 5.09. The number of primary amides is 1. The quantitative estimate of drug-likeness (QED) is 0.609. The van der Waals surface area contributed by atoms with E-state index in [-0.39, 0.29) is 34.6 Å². The van der Waals surface area contributed by atoms with E-state index in [1.54, 1.807) is 0 Å². The summed E-state index contributed by atoms with van der Waals surface area (Å²) in [5.74, 6) is 0.692. The zero-order chi connectivity index (χ0) is 22.0. The monoisotopic (exact) mass is 438 g/mol. The van der Waals surface area contributed by atoms with Gasteiger partial charge >= 0.3 is 0 Å². The molecule has 0 aliphatic carbocycles. The largest absolute Gasteiger partial charge is 0.493 e. The molecule has 1 aliphatic heterocycles. The van der Waals surface area contributed by atoms with Gasteiger partial charge in [0, 0.05) is 16.7 Å². The number of fused-ring (bicyclic) bond motifs is 2. The lowest BCUT2D eigenvalue weighted by molar-refractivity contribution is -0.119. The van der Waals surface area contributed by atoms with Crippen molar-refractivity contribution in [3.8, 4) is 23.0 Å². The maximum Gasteiger partial charge on any atom is 0.255 e. The predicted octanol–water partition coefficient (Wildman–Crippen LogP) is 3.84. The number of benzene rings is 3. The molecule has 0 unspecified atom stereocenters. The molecule has 0 saturated heterocycles. The minimum Gasteiger partial charge on any atom is -0.493 e. The fraction of sp³-hybridized carbons (Fsp3) is 0.130. The first-order chi connectivity index (χ1) is 15.0. The normalized spacial score (nSPS) is 12.2. The van der Waals surface area contributed by atoms with Gasteiger partial charge in [0.15, 0.2) is 18.1 Å². The summed E-state index contributed by atoms with van der Waals surface area (Å²) in [7, 11) is 1.41. The van der Waals surface area contributed by atoms with E-state index in [0.717, 1.165) is 11.1 Å². The van der Waals surface area contributed by atoms with Crippen LogP contribution in [0.3, 0.4) is 0 Å². The number of nitrogens with two attached hydrogens (primary N) is 1. The smallest absolute Gasteiger partial charge is 0.255 e. The summed E-state index contributed by atoms with van der Waals surface area (Å²) in [5.41, 5.74) is 7.08. The van der Waals surface area contributed by atoms with Gasteiger partial charge < -0.3 is 25.3 Å². The van der Waals surface area contributed by atoms with E-state index in [0.29, 0.717) is 11.5 Å². The summed E-state index contributed by atoms with van der Waals surface area (Å²) in [6.07, 6.45) is 0. The van der Waals surface area contributed by atoms with Gasteiger partial charge in [-0.3, -0.25) is 9.59 Å². The zero-order valence-electron chi connectivity index (χ0n) is 16.6. The minimum atomic E-state index is -0.656. The van der Waals surface area contributed by atoms with E-state index in [2.05, 4.69) is 5.32 Å². The highest BCUT2D eigenvalue weighted by Gasteiger charge is 2.29. The van der Waals surface area contributed by atoms with Gasteiger partial charge in [-0.2, -0.15) is 0 Å². The molecule has 3 aromatic carbocycles. The molecule has 0 bridgehead atoms. The topological polar surface area (TPSA) is 99.9 Å². The molecular weight excluding hydrogens is 420 g/mol. The third-order valence-electron chi connectivity index (χ3n) is 4.81. The Balaban J connectivity index is 1.66. The molecule has 0 radical (unpaired) electrons. The van der Waals surface area contributed by atoms with Gasteiger partial charge in [-0.1, -0.05) is 48.0 Å². The highest BCUT2D eigenvalue weighted by Crippen LogP contribution is 2.43. The van der Waals surface area contributed by atoms with Crippen molar-refractivity contribution in [1.82, 2.24) is 5.32 Å². The number of rotatable bonds is 6. The lowest BCUT2D eigenvalue weighted by Crippen LogP contribution is -2.31. The zero-order valence-corrected chi connectivity index (χ0v) is 17.3. The molecule has 7 nitrogen and oxygen atoms in total. The third kappa shape index (κ3) is 4.13. The Morgan fingerprint density at radius 1 is 1.06 bits per heavy atom. The van der Waals surface area contributed by atoms with E-state index in [9.17, 15) is 9.59 Å². The molecule has 1 aliphatic rings. The Labute approximate surface area is 183 Å². The van der Waals surface area contributed by atoms with E-state index in [1.807, 2.05) is 48.5 Å². The SMILES string of the molecule is COc1cc(C(=O)NC2c3ccccc3Oc3ccccc32)cc(Cl)c1OCC(N)=O. The molecule has 158 valence electrons. The van der Waals surface area contributed by atoms with Crippen molar-refractivity contribution in [2.45, 2.75) is 6.04 Å². The van der Waals surface area contributed by atoms with Crippen LogP contribution in [0.5, 0.6) is 23.0 Å². The van der Waals surface area contributed by atoms with Crippen LogP contribution >= 0.6 is 11.6 Å². The first-order valence-electron chi connectivity index (χ1n) is 9.43. The molecule has 3 aromatic rings. The van der Waals surface area contributed by atoms with Gasteiger partial charge in [-0.15, -0.1) is 0 Å². The maximum absolute atomic E-state index is 13.1. The summed E-state index contributed by atoms with van der Waals surface area (Å²) in [4.78, 5) is 24.2. The van der Waals surface area contributed by atoms with Crippen molar-refractivity contribution in [3.05, 3.63) is 82.4 Å². The average molecular weight is 439 g/mol. The van der Waals surface area contributed by atoms with E-state index in [1.165, 1.54) is 19.2 Å². The molecule has 0 saturated carbocycles. The molecular formula is C23H19ClN2O5. The molecule has 0 aromatic heterocycles. The van der Waals surface area contributed by atoms with Gasteiger partial charge in [0.1, 0.15) is 11.5 Å². The van der Waals surface area contributed by atoms with Crippen molar-refractivity contribution in [2.24, 2.45) is 5.73 Å². The maximum atomic E-state index is 13.1. The summed E-state index contributed by atoms with van der Waals surface area (Å²) in [5, 5.41) is 3.17. The number of hydrogen-bond acceptors (Lipinski definition) is 5. The van der Waals surface area contributed by atoms with Crippen molar-refractivity contribution in [2.75, 3.05) is 13.7 Å². The van der Waals surface area contributed by atoms with Gasteiger partial charge in [0.25, 0.3) is 11.8 Å². The number of ether oxygens (including phenoxy) is 3. The molecule has 31 heavy (non-hydrogen) atoms. The number of carbonyl (C=O) groups is 2. The predicted molar refractivity (Wildman–Crippen MR) is 115 cm³/mol. The van der Waals surface area contributed by atoms with Gasteiger partial charge in [-0.05, 0) is 24.3 Å². The Morgan fingerprint density at radius 3 is 2.26 bits per heavy atom. The summed E-state index contributed by atoms with van der Waals surface area (Å²) >= 11 is 6.29. The number of amides is 2. The molecule has 8 heteroatoms.